The van der Waals surface area contributed by atoms with E-state index in [-0.39, 0.29) is 13.3 Å². The molecule has 0 aromatic heterocycles. The van der Waals surface area contributed by atoms with E-state index in [1.54, 1.807) is 74.9 Å². The Hall–Kier alpha value is -3.91. The zero-order chi connectivity index (χ0) is 23.0. The number of carbonyl (C=O) groups is 1. The summed E-state index contributed by atoms with van der Waals surface area (Å²) in [7, 11) is 3.14. The van der Waals surface area contributed by atoms with Gasteiger partial charge in [-0.3, -0.25) is 4.90 Å². The number of aliphatic hydroxyl groups is 1. The Labute approximate surface area is 190 Å². The van der Waals surface area contributed by atoms with Crippen molar-refractivity contribution < 1.29 is 33.6 Å². The average molecular weight is 449 g/mol. The maximum absolute atomic E-state index is 13.1. The Balaban J connectivity index is 1.56. The SMILES string of the molecule is COc1ccc(C2OC(=O)N(Cc3ccc4c(c3)OCO4)C2(O)c2ccc(OC)cc2)cc1. The minimum Gasteiger partial charge on any atom is -0.497 e. The number of methoxy groups -OCH3 is 2. The van der Waals surface area contributed by atoms with Gasteiger partial charge in [0.2, 0.25) is 12.5 Å². The lowest BCUT2D eigenvalue weighted by atomic mass is 9.90. The molecule has 33 heavy (non-hydrogen) atoms. The van der Waals surface area contributed by atoms with E-state index >= 15 is 0 Å². The molecule has 0 spiro atoms. The van der Waals surface area contributed by atoms with Crippen LogP contribution in [-0.2, 0) is 17.0 Å². The molecule has 2 unspecified atom stereocenters. The van der Waals surface area contributed by atoms with Gasteiger partial charge in [0.15, 0.2) is 17.6 Å². The van der Waals surface area contributed by atoms with Crippen molar-refractivity contribution in [3.05, 3.63) is 83.4 Å². The van der Waals surface area contributed by atoms with E-state index in [0.29, 0.717) is 34.1 Å². The van der Waals surface area contributed by atoms with Crippen LogP contribution < -0.4 is 18.9 Å². The Morgan fingerprint density at radius 2 is 1.58 bits per heavy atom. The number of nitrogens with zero attached hydrogens (tertiary/aromatic N) is 1. The van der Waals surface area contributed by atoms with E-state index in [4.69, 9.17) is 23.7 Å². The highest BCUT2D eigenvalue weighted by Crippen LogP contribution is 2.48. The highest BCUT2D eigenvalue weighted by atomic mass is 16.7. The minimum absolute atomic E-state index is 0.102. The number of carbonyl (C=O) groups excluding carboxylic acids is 1. The first-order valence-electron chi connectivity index (χ1n) is 10.4. The third-order valence-electron chi connectivity index (χ3n) is 5.93. The van der Waals surface area contributed by atoms with Crippen LogP contribution in [0.1, 0.15) is 22.8 Å². The second kappa shape index (κ2) is 8.22. The molecule has 2 heterocycles. The fraction of sp³-hybridized carbons (Fsp3) is 0.240. The first-order valence-corrected chi connectivity index (χ1v) is 10.4. The lowest BCUT2D eigenvalue weighted by molar-refractivity contribution is -0.113. The van der Waals surface area contributed by atoms with Crippen molar-refractivity contribution >= 4 is 6.09 Å². The van der Waals surface area contributed by atoms with Gasteiger partial charge in [0.1, 0.15) is 11.5 Å². The predicted molar refractivity (Wildman–Crippen MR) is 117 cm³/mol. The van der Waals surface area contributed by atoms with Gasteiger partial charge in [0, 0.05) is 5.56 Å². The fourth-order valence-electron chi connectivity index (χ4n) is 4.16. The minimum atomic E-state index is -1.77. The van der Waals surface area contributed by atoms with E-state index < -0.39 is 17.9 Å². The third-order valence-corrected chi connectivity index (χ3v) is 5.93. The maximum Gasteiger partial charge on any atom is 0.413 e. The highest BCUT2D eigenvalue weighted by Gasteiger charge is 2.56. The smallest absolute Gasteiger partial charge is 0.413 e. The summed E-state index contributed by atoms with van der Waals surface area (Å²) in [5, 5.41) is 12.1. The van der Waals surface area contributed by atoms with Crippen LogP contribution in [0.4, 0.5) is 4.79 Å². The number of benzene rings is 3. The monoisotopic (exact) mass is 449 g/mol. The Bertz CT molecular complexity index is 1160. The van der Waals surface area contributed by atoms with Crippen LogP contribution in [0, 0.1) is 0 Å². The molecule has 8 heteroatoms. The summed E-state index contributed by atoms with van der Waals surface area (Å²) in [5.74, 6) is 2.54. The van der Waals surface area contributed by atoms with Crippen LogP contribution >= 0.6 is 0 Å². The van der Waals surface area contributed by atoms with E-state index in [1.807, 2.05) is 6.07 Å². The number of hydrogen-bond acceptors (Lipinski definition) is 7. The summed E-state index contributed by atoms with van der Waals surface area (Å²) in [6, 6.07) is 19.4. The van der Waals surface area contributed by atoms with Crippen LogP contribution in [-0.4, -0.2) is 37.1 Å². The molecule has 1 saturated heterocycles. The van der Waals surface area contributed by atoms with Gasteiger partial charge in [0.05, 0.1) is 20.8 Å². The second-order valence-corrected chi connectivity index (χ2v) is 7.77. The molecular formula is C25H23NO7. The van der Waals surface area contributed by atoms with Gasteiger partial charge in [-0.15, -0.1) is 0 Å². The molecule has 5 rings (SSSR count). The largest absolute Gasteiger partial charge is 0.497 e. The van der Waals surface area contributed by atoms with Crippen LogP contribution in [0.2, 0.25) is 0 Å². The van der Waals surface area contributed by atoms with Crippen molar-refractivity contribution in [3.8, 4) is 23.0 Å². The summed E-state index contributed by atoms with van der Waals surface area (Å²) in [4.78, 5) is 14.4. The van der Waals surface area contributed by atoms with Gasteiger partial charge in [0.25, 0.3) is 0 Å². The number of ether oxygens (including phenoxy) is 5. The number of cyclic esters (lactones) is 1. The van der Waals surface area contributed by atoms with Crippen molar-refractivity contribution in [1.29, 1.82) is 0 Å². The highest BCUT2D eigenvalue weighted by molar-refractivity contribution is 5.72. The van der Waals surface area contributed by atoms with E-state index in [0.717, 1.165) is 5.56 Å². The molecule has 1 fully saturated rings. The van der Waals surface area contributed by atoms with Gasteiger partial charge in [-0.05, 0) is 47.5 Å². The first-order chi connectivity index (χ1) is 16.0. The standard InChI is InChI=1S/C25H23NO7/c1-29-19-8-4-17(5-9-19)23-25(28,18-6-10-20(30-2)11-7-18)26(24(27)33-23)14-16-3-12-21-22(13-16)32-15-31-21/h3-13,23,28H,14-15H2,1-2H3. The molecule has 1 N–H and O–H groups in total. The second-order valence-electron chi connectivity index (χ2n) is 7.77. The Morgan fingerprint density at radius 3 is 2.24 bits per heavy atom. The molecular weight excluding hydrogens is 426 g/mol. The average Bonchev–Trinajstić information content (AvgIpc) is 3.42. The first kappa shape index (κ1) is 21.0. The van der Waals surface area contributed by atoms with Crippen molar-refractivity contribution in [3.63, 3.8) is 0 Å². The van der Waals surface area contributed by atoms with Crippen LogP contribution in [0.25, 0.3) is 0 Å². The van der Waals surface area contributed by atoms with Gasteiger partial charge < -0.3 is 28.8 Å². The molecule has 3 aromatic carbocycles. The van der Waals surface area contributed by atoms with Crippen LogP contribution in [0.15, 0.2) is 66.7 Å². The molecule has 170 valence electrons. The summed E-state index contributed by atoms with van der Waals surface area (Å²) in [5.41, 5.74) is 0.124. The van der Waals surface area contributed by atoms with Crippen molar-refractivity contribution in [1.82, 2.24) is 4.90 Å². The molecule has 1 amide bonds. The van der Waals surface area contributed by atoms with Gasteiger partial charge in [-0.25, -0.2) is 4.79 Å². The van der Waals surface area contributed by atoms with E-state index in [1.165, 1.54) is 4.90 Å². The molecule has 0 radical (unpaired) electrons. The van der Waals surface area contributed by atoms with E-state index in [9.17, 15) is 9.90 Å². The lowest BCUT2D eigenvalue weighted by Crippen LogP contribution is -2.45. The summed E-state index contributed by atoms with van der Waals surface area (Å²) in [6.45, 7) is 0.254. The molecule has 2 aliphatic heterocycles. The molecule has 2 aliphatic rings. The number of fused-ring (bicyclic) bond motifs is 1. The lowest BCUT2D eigenvalue weighted by Gasteiger charge is -2.35. The van der Waals surface area contributed by atoms with Gasteiger partial charge in [-0.1, -0.05) is 30.3 Å². The summed E-state index contributed by atoms with van der Waals surface area (Å²) >= 11 is 0. The van der Waals surface area contributed by atoms with Crippen LogP contribution in [0.5, 0.6) is 23.0 Å². The maximum atomic E-state index is 13.1. The zero-order valence-corrected chi connectivity index (χ0v) is 18.2. The van der Waals surface area contributed by atoms with E-state index in [2.05, 4.69) is 0 Å². The normalized spacial score (nSPS) is 21.1. The number of hydrogen-bond donors (Lipinski definition) is 1. The predicted octanol–water partition coefficient (Wildman–Crippen LogP) is 3.97. The Morgan fingerprint density at radius 1 is 0.939 bits per heavy atom. The molecule has 0 bridgehead atoms. The molecule has 3 aromatic rings. The quantitative estimate of drug-likeness (QED) is 0.609. The van der Waals surface area contributed by atoms with Crippen LogP contribution in [0.3, 0.4) is 0 Å². The summed E-state index contributed by atoms with van der Waals surface area (Å²) < 4.78 is 27.1. The number of rotatable bonds is 6. The zero-order valence-electron chi connectivity index (χ0n) is 18.2. The fourth-order valence-corrected chi connectivity index (χ4v) is 4.16. The molecule has 0 aliphatic carbocycles. The third kappa shape index (κ3) is 3.58. The molecule has 2 atom stereocenters. The van der Waals surface area contributed by atoms with Crippen molar-refractivity contribution in [2.75, 3.05) is 21.0 Å². The topological polar surface area (TPSA) is 86.7 Å². The molecule has 8 nitrogen and oxygen atoms in total. The van der Waals surface area contributed by atoms with Crippen molar-refractivity contribution in [2.45, 2.75) is 18.4 Å². The Kier molecular flexibility index (Phi) is 5.22. The van der Waals surface area contributed by atoms with Gasteiger partial charge in [-0.2, -0.15) is 0 Å². The van der Waals surface area contributed by atoms with Crippen molar-refractivity contribution in [2.24, 2.45) is 0 Å². The summed E-state index contributed by atoms with van der Waals surface area (Å²) in [6.07, 6.45) is -1.59. The number of amides is 1. The molecule has 0 saturated carbocycles. The van der Waals surface area contributed by atoms with Gasteiger partial charge >= 0.3 is 6.09 Å².